The van der Waals surface area contributed by atoms with Crippen molar-refractivity contribution in [2.45, 2.75) is 6.61 Å². The van der Waals surface area contributed by atoms with E-state index >= 15 is 0 Å². The van der Waals surface area contributed by atoms with Gasteiger partial charge in [-0.25, -0.2) is 0 Å². The van der Waals surface area contributed by atoms with Crippen LogP contribution in [-0.4, -0.2) is 11.4 Å². The second kappa shape index (κ2) is 3.81. The van der Waals surface area contributed by atoms with E-state index < -0.39 is 0 Å². The number of rotatable bonds is 2. The lowest BCUT2D eigenvalue weighted by molar-refractivity contribution is 0.112. The van der Waals surface area contributed by atoms with Gasteiger partial charge < -0.3 is 5.11 Å². The largest absolute Gasteiger partial charge is 0.392 e. The third-order valence-corrected chi connectivity index (χ3v) is 3.84. The monoisotopic (exact) mass is 270 g/mol. The molecule has 4 heteroatoms. The average Bonchev–Trinajstić information content (AvgIpc) is 2.63. The molecule has 0 aliphatic heterocycles. The van der Waals surface area contributed by atoms with Crippen LogP contribution in [0.1, 0.15) is 15.2 Å². The van der Waals surface area contributed by atoms with Gasteiger partial charge in [0.25, 0.3) is 0 Å². The fraction of sp³-hybridized carbons (Fsp3) is 0.100. The van der Waals surface area contributed by atoms with Crippen LogP contribution in [0.2, 0.25) is 0 Å². The van der Waals surface area contributed by atoms with Crippen LogP contribution in [0.4, 0.5) is 0 Å². The number of aliphatic hydroxyl groups excluding tert-OH is 1. The molecule has 2 aromatic rings. The molecule has 1 aromatic carbocycles. The molecule has 0 spiro atoms. The first-order valence-corrected chi connectivity index (χ1v) is 5.64. The van der Waals surface area contributed by atoms with Gasteiger partial charge in [0.1, 0.15) is 0 Å². The number of carbonyl (C=O) groups excluding carboxylic acids is 1. The van der Waals surface area contributed by atoms with Gasteiger partial charge in [-0.3, -0.25) is 4.79 Å². The zero-order valence-electron chi connectivity index (χ0n) is 7.16. The van der Waals surface area contributed by atoms with E-state index in [1.54, 1.807) is 0 Å². The standard InChI is InChI=1S/C10H7BrO2S/c11-9-2-1-6(4-12)10-8(9)3-7(5-13)14-10/h1-3,5,12H,4H2. The second-order valence-corrected chi connectivity index (χ2v) is 4.81. The van der Waals surface area contributed by atoms with Gasteiger partial charge in [-0.05, 0) is 17.7 Å². The Morgan fingerprint density at radius 2 is 2.29 bits per heavy atom. The molecule has 0 aliphatic rings. The summed E-state index contributed by atoms with van der Waals surface area (Å²) in [5.41, 5.74) is 0.862. The van der Waals surface area contributed by atoms with Crippen molar-refractivity contribution in [3.8, 4) is 0 Å². The molecule has 72 valence electrons. The van der Waals surface area contributed by atoms with Gasteiger partial charge in [0.15, 0.2) is 6.29 Å². The van der Waals surface area contributed by atoms with E-state index in [9.17, 15) is 4.79 Å². The Hall–Kier alpha value is -0.710. The minimum atomic E-state index is 0.00257. The summed E-state index contributed by atoms with van der Waals surface area (Å²) in [7, 11) is 0. The number of fused-ring (bicyclic) bond motifs is 1. The van der Waals surface area contributed by atoms with E-state index in [0.29, 0.717) is 4.88 Å². The molecular weight excluding hydrogens is 264 g/mol. The number of benzene rings is 1. The van der Waals surface area contributed by atoms with Crippen molar-refractivity contribution in [3.05, 3.63) is 33.1 Å². The van der Waals surface area contributed by atoms with Crippen molar-refractivity contribution in [1.82, 2.24) is 0 Å². The third kappa shape index (κ3) is 1.49. The van der Waals surface area contributed by atoms with Gasteiger partial charge in [-0.2, -0.15) is 0 Å². The summed E-state index contributed by atoms with van der Waals surface area (Å²) < 4.78 is 1.93. The predicted molar refractivity (Wildman–Crippen MR) is 60.8 cm³/mol. The Kier molecular flexibility index (Phi) is 2.67. The quantitative estimate of drug-likeness (QED) is 0.852. The van der Waals surface area contributed by atoms with E-state index in [1.807, 2.05) is 18.2 Å². The third-order valence-electron chi connectivity index (χ3n) is 2.02. The van der Waals surface area contributed by atoms with Gasteiger partial charge in [-0.15, -0.1) is 11.3 Å². The van der Waals surface area contributed by atoms with Crippen LogP contribution in [0.3, 0.4) is 0 Å². The molecular formula is C10H7BrO2S. The molecule has 0 atom stereocenters. The SMILES string of the molecule is O=Cc1cc2c(Br)ccc(CO)c2s1. The fourth-order valence-electron chi connectivity index (χ4n) is 1.35. The zero-order valence-corrected chi connectivity index (χ0v) is 9.56. The van der Waals surface area contributed by atoms with Gasteiger partial charge >= 0.3 is 0 Å². The maximum absolute atomic E-state index is 10.6. The van der Waals surface area contributed by atoms with Crippen LogP contribution in [0, 0.1) is 0 Å². The van der Waals surface area contributed by atoms with Gasteiger partial charge in [-0.1, -0.05) is 22.0 Å². The van der Waals surface area contributed by atoms with Gasteiger partial charge in [0.2, 0.25) is 0 Å². The minimum absolute atomic E-state index is 0.00257. The van der Waals surface area contributed by atoms with E-state index in [4.69, 9.17) is 5.11 Å². The van der Waals surface area contributed by atoms with Crippen LogP contribution in [0.25, 0.3) is 10.1 Å². The molecule has 0 saturated carbocycles. The first-order valence-electron chi connectivity index (χ1n) is 4.03. The normalized spacial score (nSPS) is 10.7. The molecule has 0 amide bonds. The number of aliphatic hydroxyl groups is 1. The number of halogens is 1. The molecule has 0 aliphatic carbocycles. The number of carbonyl (C=O) groups is 1. The number of aldehydes is 1. The van der Waals surface area contributed by atoms with Crippen molar-refractivity contribution in [2.75, 3.05) is 0 Å². The van der Waals surface area contributed by atoms with E-state index in [1.165, 1.54) is 11.3 Å². The highest BCUT2D eigenvalue weighted by atomic mass is 79.9. The molecule has 1 aromatic heterocycles. The molecule has 0 fully saturated rings. The summed E-state index contributed by atoms with van der Waals surface area (Å²) in [6, 6.07) is 5.57. The Labute approximate surface area is 93.3 Å². The number of hydrogen-bond donors (Lipinski definition) is 1. The Balaban J connectivity index is 2.81. The Morgan fingerprint density at radius 1 is 1.50 bits per heavy atom. The van der Waals surface area contributed by atoms with E-state index in [-0.39, 0.29) is 6.61 Å². The zero-order chi connectivity index (χ0) is 10.1. The summed E-state index contributed by atoms with van der Waals surface area (Å²) in [6.07, 6.45) is 0.832. The van der Waals surface area contributed by atoms with Crippen molar-refractivity contribution in [2.24, 2.45) is 0 Å². The van der Waals surface area contributed by atoms with Crippen LogP contribution < -0.4 is 0 Å². The molecule has 0 saturated heterocycles. The molecule has 0 bridgehead atoms. The van der Waals surface area contributed by atoms with Gasteiger partial charge in [0.05, 0.1) is 11.5 Å². The molecule has 1 N–H and O–H groups in total. The summed E-state index contributed by atoms with van der Waals surface area (Å²) in [6.45, 7) is 0.00257. The summed E-state index contributed by atoms with van der Waals surface area (Å²) in [5.74, 6) is 0. The van der Waals surface area contributed by atoms with Crippen LogP contribution >= 0.6 is 27.3 Å². The van der Waals surface area contributed by atoms with Crippen molar-refractivity contribution in [3.63, 3.8) is 0 Å². The average molecular weight is 271 g/mol. The lowest BCUT2D eigenvalue weighted by Gasteiger charge is -1.99. The van der Waals surface area contributed by atoms with E-state index in [2.05, 4.69) is 15.9 Å². The fourth-order valence-corrected chi connectivity index (χ4v) is 2.93. The Bertz CT molecular complexity index is 490. The molecule has 14 heavy (non-hydrogen) atoms. The lowest BCUT2D eigenvalue weighted by Crippen LogP contribution is -1.82. The maximum atomic E-state index is 10.6. The van der Waals surface area contributed by atoms with Crippen LogP contribution in [0.5, 0.6) is 0 Å². The molecule has 0 radical (unpaired) electrons. The highest BCUT2D eigenvalue weighted by molar-refractivity contribution is 9.10. The van der Waals surface area contributed by atoms with Crippen LogP contribution in [0.15, 0.2) is 22.7 Å². The Morgan fingerprint density at radius 3 is 2.93 bits per heavy atom. The number of hydrogen-bond acceptors (Lipinski definition) is 3. The molecule has 2 rings (SSSR count). The van der Waals surface area contributed by atoms with Crippen molar-refractivity contribution < 1.29 is 9.90 Å². The maximum Gasteiger partial charge on any atom is 0.160 e. The summed E-state index contributed by atoms with van der Waals surface area (Å²) >= 11 is 4.82. The number of thiophene rings is 1. The van der Waals surface area contributed by atoms with Crippen molar-refractivity contribution in [1.29, 1.82) is 0 Å². The van der Waals surface area contributed by atoms with Gasteiger partial charge in [0, 0.05) is 14.6 Å². The van der Waals surface area contributed by atoms with Crippen LogP contribution in [-0.2, 0) is 6.61 Å². The predicted octanol–water partition coefficient (Wildman–Crippen LogP) is 2.97. The van der Waals surface area contributed by atoms with Crippen molar-refractivity contribution >= 4 is 43.6 Å². The second-order valence-electron chi connectivity index (χ2n) is 2.87. The molecule has 2 nitrogen and oxygen atoms in total. The summed E-state index contributed by atoms with van der Waals surface area (Å²) in [5, 5.41) is 10.1. The lowest BCUT2D eigenvalue weighted by atomic mass is 10.2. The summed E-state index contributed by atoms with van der Waals surface area (Å²) in [4.78, 5) is 11.3. The smallest absolute Gasteiger partial charge is 0.160 e. The highest BCUT2D eigenvalue weighted by Gasteiger charge is 2.08. The molecule has 1 heterocycles. The highest BCUT2D eigenvalue weighted by Crippen LogP contribution is 2.33. The molecule has 0 unspecified atom stereocenters. The topological polar surface area (TPSA) is 37.3 Å². The minimum Gasteiger partial charge on any atom is -0.392 e. The first-order chi connectivity index (χ1) is 6.76. The van der Waals surface area contributed by atoms with E-state index in [0.717, 1.165) is 26.4 Å². The first kappa shape index (κ1) is 9.83.